The molecular formula is C16H17N3OS. The third-order valence-electron chi connectivity index (χ3n) is 3.47. The van der Waals surface area contributed by atoms with Gasteiger partial charge in [-0.1, -0.05) is 18.2 Å². The second-order valence-electron chi connectivity index (χ2n) is 4.96. The lowest BCUT2D eigenvalue weighted by atomic mass is 10.2. The second-order valence-corrected chi connectivity index (χ2v) is 6.13. The average molecular weight is 299 g/mol. The molecule has 1 aliphatic rings. The van der Waals surface area contributed by atoms with Crippen molar-refractivity contribution in [1.82, 2.24) is 9.97 Å². The van der Waals surface area contributed by atoms with Crippen molar-refractivity contribution in [1.29, 1.82) is 0 Å². The minimum atomic E-state index is 0.0197. The molecule has 1 aromatic carbocycles. The van der Waals surface area contributed by atoms with Gasteiger partial charge in [-0.15, -0.1) is 11.8 Å². The molecule has 0 spiro atoms. The Balaban J connectivity index is 1.52. The second kappa shape index (κ2) is 6.72. The van der Waals surface area contributed by atoms with Crippen molar-refractivity contribution in [3.63, 3.8) is 0 Å². The number of carbonyl (C=O) groups is 1. The highest BCUT2D eigenvalue weighted by molar-refractivity contribution is 7.99. The first-order chi connectivity index (χ1) is 10.3. The Kier molecular flexibility index (Phi) is 4.50. The Morgan fingerprint density at radius 1 is 1.19 bits per heavy atom. The lowest BCUT2D eigenvalue weighted by molar-refractivity contribution is -0.115. The Morgan fingerprint density at radius 3 is 2.90 bits per heavy atom. The third-order valence-corrected chi connectivity index (χ3v) is 4.49. The number of amides is 1. The fraction of sp³-hybridized carbons (Fsp3) is 0.312. The number of thioether (sulfide) groups is 1. The van der Waals surface area contributed by atoms with Gasteiger partial charge in [0, 0.05) is 28.3 Å². The van der Waals surface area contributed by atoms with E-state index in [0.717, 1.165) is 36.3 Å². The zero-order valence-corrected chi connectivity index (χ0v) is 12.5. The van der Waals surface area contributed by atoms with Crippen molar-refractivity contribution in [2.75, 3.05) is 11.1 Å². The summed E-state index contributed by atoms with van der Waals surface area (Å²) in [5.74, 6) is 1.49. The van der Waals surface area contributed by atoms with Gasteiger partial charge in [0.25, 0.3) is 0 Å². The summed E-state index contributed by atoms with van der Waals surface area (Å²) >= 11 is 1.69. The number of benzene rings is 1. The standard InChI is InChI=1S/C16H17N3OS/c20-15(9-10-21-12-5-2-1-3-6-12)19-16-13-7-4-8-14(13)17-11-18-16/h1-3,5-6,11H,4,7-10H2,(H,17,18,19,20). The maximum atomic E-state index is 12.0. The number of rotatable bonds is 5. The molecule has 2 aromatic rings. The first kappa shape index (κ1) is 14.1. The first-order valence-electron chi connectivity index (χ1n) is 7.13. The fourth-order valence-electron chi connectivity index (χ4n) is 2.44. The number of nitrogens with one attached hydrogen (secondary N) is 1. The molecule has 3 rings (SSSR count). The van der Waals surface area contributed by atoms with E-state index in [4.69, 9.17) is 0 Å². The van der Waals surface area contributed by atoms with E-state index in [9.17, 15) is 4.79 Å². The molecule has 108 valence electrons. The molecule has 1 aromatic heterocycles. The van der Waals surface area contributed by atoms with Crippen LogP contribution in [-0.2, 0) is 17.6 Å². The summed E-state index contributed by atoms with van der Waals surface area (Å²) < 4.78 is 0. The van der Waals surface area contributed by atoms with Crippen LogP contribution in [0.1, 0.15) is 24.1 Å². The van der Waals surface area contributed by atoms with Crippen LogP contribution in [0.5, 0.6) is 0 Å². The predicted molar refractivity (Wildman–Crippen MR) is 84.5 cm³/mol. The Hall–Kier alpha value is -1.88. The van der Waals surface area contributed by atoms with E-state index in [2.05, 4.69) is 27.4 Å². The molecule has 0 radical (unpaired) electrons. The summed E-state index contributed by atoms with van der Waals surface area (Å²) in [6.07, 6.45) is 5.08. The van der Waals surface area contributed by atoms with Gasteiger partial charge in [0.2, 0.25) is 5.91 Å². The number of aryl methyl sites for hydroxylation is 1. The van der Waals surface area contributed by atoms with Gasteiger partial charge in [-0.05, 0) is 31.4 Å². The lowest BCUT2D eigenvalue weighted by Crippen LogP contribution is -2.15. The molecule has 1 N–H and O–H groups in total. The molecule has 0 saturated carbocycles. The molecule has 21 heavy (non-hydrogen) atoms. The molecule has 1 aliphatic carbocycles. The molecule has 0 saturated heterocycles. The largest absolute Gasteiger partial charge is 0.310 e. The Labute approximate surface area is 128 Å². The molecule has 0 atom stereocenters. The zero-order chi connectivity index (χ0) is 14.5. The molecular weight excluding hydrogens is 282 g/mol. The molecule has 5 heteroatoms. The van der Waals surface area contributed by atoms with Crippen LogP contribution in [0.15, 0.2) is 41.6 Å². The van der Waals surface area contributed by atoms with Crippen LogP contribution in [0.3, 0.4) is 0 Å². The van der Waals surface area contributed by atoms with E-state index in [1.807, 2.05) is 18.2 Å². The normalized spacial score (nSPS) is 13.0. The number of aromatic nitrogens is 2. The topological polar surface area (TPSA) is 54.9 Å². The quantitative estimate of drug-likeness (QED) is 0.862. The van der Waals surface area contributed by atoms with Crippen LogP contribution in [-0.4, -0.2) is 21.6 Å². The minimum absolute atomic E-state index is 0.0197. The number of carbonyl (C=O) groups excluding carboxylic acids is 1. The smallest absolute Gasteiger partial charge is 0.226 e. The van der Waals surface area contributed by atoms with Gasteiger partial charge >= 0.3 is 0 Å². The van der Waals surface area contributed by atoms with E-state index in [0.29, 0.717) is 12.2 Å². The third kappa shape index (κ3) is 3.61. The molecule has 0 unspecified atom stereocenters. The maximum absolute atomic E-state index is 12.0. The van der Waals surface area contributed by atoms with E-state index in [-0.39, 0.29) is 5.91 Å². The van der Waals surface area contributed by atoms with E-state index < -0.39 is 0 Å². The minimum Gasteiger partial charge on any atom is -0.310 e. The number of anilines is 1. The lowest BCUT2D eigenvalue weighted by Gasteiger charge is -2.08. The summed E-state index contributed by atoms with van der Waals surface area (Å²) in [5, 5.41) is 2.93. The Morgan fingerprint density at radius 2 is 2.05 bits per heavy atom. The van der Waals surface area contributed by atoms with Crippen LogP contribution in [0.2, 0.25) is 0 Å². The van der Waals surface area contributed by atoms with Crippen molar-refractivity contribution in [2.45, 2.75) is 30.6 Å². The van der Waals surface area contributed by atoms with Crippen molar-refractivity contribution in [3.8, 4) is 0 Å². The Bertz CT molecular complexity index is 631. The summed E-state index contributed by atoms with van der Waals surface area (Å²) in [4.78, 5) is 21.7. The molecule has 1 heterocycles. The van der Waals surface area contributed by atoms with Gasteiger partial charge < -0.3 is 5.32 Å². The number of fused-ring (bicyclic) bond motifs is 1. The van der Waals surface area contributed by atoms with Crippen LogP contribution >= 0.6 is 11.8 Å². The van der Waals surface area contributed by atoms with Gasteiger partial charge in [0.1, 0.15) is 12.1 Å². The van der Waals surface area contributed by atoms with Gasteiger partial charge in [-0.3, -0.25) is 4.79 Å². The maximum Gasteiger partial charge on any atom is 0.226 e. The highest BCUT2D eigenvalue weighted by atomic mass is 32.2. The van der Waals surface area contributed by atoms with E-state index in [1.54, 1.807) is 18.1 Å². The van der Waals surface area contributed by atoms with Gasteiger partial charge in [0.05, 0.1) is 0 Å². The first-order valence-corrected chi connectivity index (χ1v) is 8.12. The van der Waals surface area contributed by atoms with Crippen LogP contribution in [0.4, 0.5) is 5.82 Å². The van der Waals surface area contributed by atoms with Gasteiger partial charge in [-0.25, -0.2) is 9.97 Å². The molecule has 4 nitrogen and oxygen atoms in total. The highest BCUT2D eigenvalue weighted by Gasteiger charge is 2.18. The molecule has 0 fully saturated rings. The molecule has 1 amide bonds. The SMILES string of the molecule is O=C(CCSc1ccccc1)Nc1ncnc2c1CCC2. The summed E-state index contributed by atoms with van der Waals surface area (Å²) in [6, 6.07) is 10.1. The summed E-state index contributed by atoms with van der Waals surface area (Å²) in [6.45, 7) is 0. The summed E-state index contributed by atoms with van der Waals surface area (Å²) in [5.41, 5.74) is 2.19. The molecule has 0 aliphatic heterocycles. The van der Waals surface area contributed by atoms with Crippen molar-refractivity contribution < 1.29 is 4.79 Å². The van der Waals surface area contributed by atoms with E-state index in [1.165, 1.54) is 4.90 Å². The van der Waals surface area contributed by atoms with Gasteiger partial charge in [0.15, 0.2) is 0 Å². The zero-order valence-electron chi connectivity index (χ0n) is 11.7. The van der Waals surface area contributed by atoms with Crippen LogP contribution in [0, 0.1) is 0 Å². The molecule has 0 bridgehead atoms. The summed E-state index contributed by atoms with van der Waals surface area (Å²) in [7, 11) is 0. The van der Waals surface area contributed by atoms with E-state index >= 15 is 0 Å². The van der Waals surface area contributed by atoms with Crippen molar-refractivity contribution in [3.05, 3.63) is 47.9 Å². The van der Waals surface area contributed by atoms with Crippen LogP contribution < -0.4 is 5.32 Å². The predicted octanol–water partition coefficient (Wildman–Crippen LogP) is 3.09. The van der Waals surface area contributed by atoms with Crippen molar-refractivity contribution in [2.24, 2.45) is 0 Å². The van der Waals surface area contributed by atoms with Gasteiger partial charge in [-0.2, -0.15) is 0 Å². The average Bonchev–Trinajstić information content (AvgIpc) is 2.98. The fourth-order valence-corrected chi connectivity index (χ4v) is 3.31. The number of hydrogen-bond donors (Lipinski definition) is 1. The number of hydrogen-bond acceptors (Lipinski definition) is 4. The van der Waals surface area contributed by atoms with Crippen molar-refractivity contribution >= 4 is 23.5 Å². The monoisotopic (exact) mass is 299 g/mol. The van der Waals surface area contributed by atoms with Crippen LogP contribution in [0.25, 0.3) is 0 Å². The number of nitrogens with zero attached hydrogens (tertiary/aromatic N) is 2. The highest BCUT2D eigenvalue weighted by Crippen LogP contribution is 2.25.